The first kappa shape index (κ1) is 16.9. The molecule has 1 saturated heterocycles. The SMILES string of the molecule is CNCCC1CCN(S(=O)(=O)c2ccc(C#N)cc2C)CC1. The molecule has 1 N–H and O–H groups in total. The molecule has 1 aromatic carbocycles. The zero-order chi connectivity index (χ0) is 16.2. The fourth-order valence-corrected chi connectivity index (χ4v) is 4.61. The molecule has 0 bridgehead atoms. The third-order valence-electron chi connectivity index (χ3n) is 4.30. The molecule has 0 aliphatic carbocycles. The maximum absolute atomic E-state index is 12.8. The zero-order valence-corrected chi connectivity index (χ0v) is 14.0. The number of benzene rings is 1. The van der Waals surface area contributed by atoms with Crippen LogP contribution in [0.5, 0.6) is 0 Å². The molecule has 1 heterocycles. The minimum absolute atomic E-state index is 0.320. The van der Waals surface area contributed by atoms with E-state index in [1.54, 1.807) is 29.4 Å². The van der Waals surface area contributed by atoms with E-state index in [1.165, 1.54) is 0 Å². The Morgan fingerprint density at radius 1 is 1.36 bits per heavy atom. The average Bonchev–Trinajstić information content (AvgIpc) is 2.52. The van der Waals surface area contributed by atoms with Gasteiger partial charge in [0, 0.05) is 13.1 Å². The summed E-state index contributed by atoms with van der Waals surface area (Å²) in [5, 5.41) is 12.0. The van der Waals surface area contributed by atoms with Crippen molar-refractivity contribution in [1.29, 1.82) is 5.26 Å². The molecule has 0 atom stereocenters. The minimum Gasteiger partial charge on any atom is -0.320 e. The van der Waals surface area contributed by atoms with E-state index in [9.17, 15) is 8.42 Å². The lowest BCUT2D eigenvalue weighted by molar-refractivity contribution is 0.263. The lowest BCUT2D eigenvalue weighted by Gasteiger charge is -2.31. The predicted octanol–water partition coefficient (Wildman–Crippen LogP) is 1.88. The van der Waals surface area contributed by atoms with Crippen molar-refractivity contribution < 1.29 is 8.42 Å². The Hall–Kier alpha value is -1.42. The van der Waals surface area contributed by atoms with Gasteiger partial charge in [0.1, 0.15) is 0 Å². The second kappa shape index (κ2) is 7.23. The number of nitrogens with one attached hydrogen (secondary N) is 1. The van der Waals surface area contributed by atoms with E-state index in [0.29, 0.717) is 35.0 Å². The number of nitriles is 1. The molecule has 1 aliphatic heterocycles. The zero-order valence-electron chi connectivity index (χ0n) is 13.2. The Morgan fingerprint density at radius 2 is 2.05 bits per heavy atom. The van der Waals surface area contributed by atoms with Crippen molar-refractivity contribution in [2.24, 2.45) is 5.92 Å². The Labute approximate surface area is 133 Å². The molecule has 2 rings (SSSR count). The van der Waals surface area contributed by atoms with Gasteiger partial charge in [-0.25, -0.2) is 8.42 Å². The summed E-state index contributed by atoms with van der Waals surface area (Å²) in [5.74, 6) is 0.598. The third kappa shape index (κ3) is 3.67. The van der Waals surface area contributed by atoms with Crippen LogP contribution in [0.3, 0.4) is 0 Å². The van der Waals surface area contributed by atoms with Crippen molar-refractivity contribution in [1.82, 2.24) is 9.62 Å². The van der Waals surface area contributed by atoms with Crippen LogP contribution in [0, 0.1) is 24.2 Å². The highest BCUT2D eigenvalue weighted by atomic mass is 32.2. The van der Waals surface area contributed by atoms with Gasteiger partial charge in [-0.3, -0.25) is 0 Å². The van der Waals surface area contributed by atoms with Gasteiger partial charge < -0.3 is 5.32 Å². The Morgan fingerprint density at radius 3 is 2.59 bits per heavy atom. The lowest BCUT2D eigenvalue weighted by Crippen LogP contribution is -2.39. The molecule has 0 unspecified atom stereocenters. The summed E-state index contributed by atoms with van der Waals surface area (Å²) in [7, 11) is -1.52. The molecule has 0 radical (unpaired) electrons. The summed E-state index contributed by atoms with van der Waals surface area (Å²) in [6, 6.07) is 6.79. The van der Waals surface area contributed by atoms with Crippen LogP contribution in [0.4, 0.5) is 0 Å². The number of hydrogen-bond acceptors (Lipinski definition) is 4. The molecule has 1 fully saturated rings. The highest BCUT2D eigenvalue weighted by molar-refractivity contribution is 7.89. The van der Waals surface area contributed by atoms with Crippen molar-refractivity contribution in [3.05, 3.63) is 29.3 Å². The maximum Gasteiger partial charge on any atom is 0.243 e. The Bertz CT molecular complexity index is 656. The van der Waals surface area contributed by atoms with Crippen molar-refractivity contribution in [2.45, 2.75) is 31.1 Å². The maximum atomic E-state index is 12.8. The van der Waals surface area contributed by atoms with Crippen molar-refractivity contribution in [3.63, 3.8) is 0 Å². The monoisotopic (exact) mass is 321 g/mol. The van der Waals surface area contributed by atoms with Gasteiger partial charge >= 0.3 is 0 Å². The molecule has 120 valence electrons. The van der Waals surface area contributed by atoms with Gasteiger partial charge in [-0.15, -0.1) is 0 Å². The topological polar surface area (TPSA) is 73.2 Å². The average molecular weight is 321 g/mol. The van der Waals surface area contributed by atoms with Crippen LogP contribution in [0.1, 0.15) is 30.4 Å². The van der Waals surface area contributed by atoms with Crippen LogP contribution >= 0.6 is 0 Å². The van der Waals surface area contributed by atoms with Gasteiger partial charge in [-0.1, -0.05) is 0 Å². The first-order chi connectivity index (χ1) is 10.5. The van der Waals surface area contributed by atoms with Crippen molar-refractivity contribution in [2.75, 3.05) is 26.7 Å². The summed E-state index contributed by atoms with van der Waals surface area (Å²) >= 11 is 0. The molecule has 0 saturated carbocycles. The van der Waals surface area contributed by atoms with Gasteiger partial charge in [0.15, 0.2) is 0 Å². The number of aryl methyl sites for hydroxylation is 1. The van der Waals surface area contributed by atoms with Crippen molar-refractivity contribution in [3.8, 4) is 6.07 Å². The number of sulfonamides is 1. The molecule has 0 amide bonds. The van der Waals surface area contributed by atoms with E-state index in [0.717, 1.165) is 25.8 Å². The van der Waals surface area contributed by atoms with Crippen LogP contribution < -0.4 is 5.32 Å². The number of rotatable bonds is 5. The summed E-state index contributed by atoms with van der Waals surface area (Å²) < 4.78 is 27.1. The van der Waals surface area contributed by atoms with E-state index in [-0.39, 0.29) is 0 Å². The van der Waals surface area contributed by atoms with E-state index in [2.05, 4.69) is 5.32 Å². The van der Waals surface area contributed by atoms with E-state index >= 15 is 0 Å². The van der Waals surface area contributed by atoms with E-state index in [1.807, 2.05) is 13.1 Å². The van der Waals surface area contributed by atoms with Gasteiger partial charge in [-0.05, 0) is 69.5 Å². The van der Waals surface area contributed by atoms with Crippen LogP contribution in [0.25, 0.3) is 0 Å². The third-order valence-corrected chi connectivity index (χ3v) is 6.36. The molecule has 1 aromatic rings. The molecule has 6 heteroatoms. The molecular weight excluding hydrogens is 298 g/mol. The molecule has 22 heavy (non-hydrogen) atoms. The largest absolute Gasteiger partial charge is 0.320 e. The summed E-state index contributed by atoms with van der Waals surface area (Å²) in [4.78, 5) is 0.320. The van der Waals surface area contributed by atoms with Crippen LogP contribution in [0.15, 0.2) is 23.1 Å². The second-order valence-corrected chi connectivity index (χ2v) is 7.74. The van der Waals surface area contributed by atoms with E-state index < -0.39 is 10.0 Å². The minimum atomic E-state index is -3.45. The Balaban J connectivity index is 2.11. The van der Waals surface area contributed by atoms with E-state index in [4.69, 9.17) is 5.26 Å². The van der Waals surface area contributed by atoms with Crippen LogP contribution in [-0.2, 0) is 10.0 Å². The fourth-order valence-electron chi connectivity index (χ4n) is 2.93. The highest BCUT2D eigenvalue weighted by Crippen LogP contribution is 2.27. The lowest BCUT2D eigenvalue weighted by atomic mass is 9.95. The number of hydrogen-bond donors (Lipinski definition) is 1. The van der Waals surface area contributed by atoms with Gasteiger partial charge in [0.05, 0.1) is 16.5 Å². The molecule has 0 spiro atoms. The number of nitrogens with zero attached hydrogens (tertiary/aromatic N) is 2. The highest BCUT2D eigenvalue weighted by Gasteiger charge is 2.30. The molecule has 5 nitrogen and oxygen atoms in total. The molecule has 0 aromatic heterocycles. The second-order valence-electron chi connectivity index (χ2n) is 5.83. The quantitative estimate of drug-likeness (QED) is 0.898. The van der Waals surface area contributed by atoms with Gasteiger partial charge in [0.2, 0.25) is 10.0 Å². The first-order valence-electron chi connectivity index (χ1n) is 7.64. The van der Waals surface area contributed by atoms with Gasteiger partial charge in [-0.2, -0.15) is 9.57 Å². The first-order valence-corrected chi connectivity index (χ1v) is 9.08. The van der Waals surface area contributed by atoms with Crippen LogP contribution in [-0.4, -0.2) is 39.4 Å². The standard InChI is InChI=1S/C16H23N3O2S/c1-13-11-15(12-17)3-4-16(13)22(20,21)19-9-6-14(7-10-19)5-8-18-2/h3-4,11,14,18H,5-10H2,1-2H3. The van der Waals surface area contributed by atoms with Crippen LogP contribution in [0.2, 0.25) is 0 Å². The van der Waals surface area contributed by atoms with Crippen molar-refractivity contribution >= 4 is 10.0 Å². The molecule has 1 aliphatic rings. The molecular formula is C16H23N3O2S. The summed E-state index contributed by atoms with van der Waals surface area (Å²) in [5.41, 5.74) is 1.12. The summed E-state index contributed by atoms with van der Waals surface area (Å²) in [6.07, 6.45) is 2.92. The summed E-state index contributed by atoms with van der Waals surface area (Å²) in [6.45, 7) is 3.88. The fraction of sp³-hybridized carbons (Fsp3) is 0.562. The number of piperidine rings is 1. The van der Waals surface area contributed by atoms with Gasteiger partial charge in [0.25, 0.3) is 0 Å². The Kier molecular flexibility index (Phi) is 5.57. The predicted molar refractivity (Wildman–Crippen MR) is 85.9 cm³/mol. The smallest absolute Gasteiger partial charge is 0.243 e. The normalized spacial score (nSPS) is 17.3.